The Bertz CT molecular complexity index is 1460. The number of benzene rings is 2. The number of carbonyl (C=O) groups excluding carboxylic acids is 2. The maximum absolute atomic E-state index is 13.4. The van der Waals surface area contributed by atoms with Gasteiger partial charge in [0.05, 0.1) is 18.7 Å². The van der Waals surface area contributed by atoms with Crippen LogP contribution in [0.15, 0.2) is 70.0 Å². The van der Waals surface area contributed by atoms with Crippen LogP contribution in [0, 0.1) is 11.7 Å². The Morgan fingerprint density at radius 3 is 2.46 bits per heavy atom. The van der Waals surface area contributed by atoms with E-state index in [4.69, 9.17) is 10.2 Å². The highest BCUT2D eigenvalue weighted by Crippen LogP contribution is 2.17. The van der Waals surface area contributed by atoms with Gasteiger partial charge in [0.1, 0.15) is 23.9 Å². The number of nitrogens with two attached hydrogens (primary N) is 1. The monoisotopic (exact) mass is 504 g/mol. The molecule has 1 unspecified atom stereocenters. The summed E-state index contributed by atoms with van der Waals surface area (Å²) in [6.45, 7) is 3.04. The minimum atomic E-state index is -0.989. The number of hydrogen-bond donors (Lipinski definition) is 2. The van der Waals surface area contributed by atoms with E-state index in [2.05, 4.69) is 20.5 Å². The molecule has 1 atom stereocenters. The van der Waals surface area contributed by atoms with E-state index in [0.29, 0.717) is 12.0 Å². The first kappa shape index (κ1) is 25.4. The molecule has 3 N–H and O–H groups in total. The fourth-order valence-corrected chi connectivity index (χ4v) is 3.71. The smallest absolute Gasteiger partial charge is 0.286 e. The zero-order chi connectivity index (χ0) is 26.5. The molecule has 0 saturated heterocycles. The molecule has 2 aromatic heterocycles. The SMILES string of the molecule is CC(C)C(NC(=O)Cn1c(-c2ccc(F)cc2)ncc(N)c1=O)C(=O)c1nnc(Cc2ccccc2)o1. The van der Waals surface area contributed by atoms with Gasteiger partial charge in [-0.25, -0.2) is 9.37 Å². The van der Waals surface area contributed by atoms with Gasteiger partial charge in [0.2, 0.25) is 17.6 Å². The van der Waals surface area contributed by atoms with Crippen molar-refractivity contribution in [3.05, 3.63) is 94.3 Å². The summed E-state index contributed by atoms with van der Waals surface area (Å²) in [6, 6.07) is 13.8. The van der Waals surface area contributed by atoms with Crippen molar-refractivity contribution in [1.82, 2.24) is 25.1 Å². The number of nitrogens with zero attached hydrogens (tertiary/aromatic N) is 4. The minimum absolute atomic E-state index is 0.129. The summed E-state index contributed by atoms with van der Waals surface area (Å²) in [6.07, 6.45) is 1.54. The van der Waals surface area contributed by atoms with Crippen LogP contribution in [0.3, 0.4) is 0 Å². The molecular formula is C26H25FN6O4. The Morgan fingerprint density at radius 1 is 1.08 bits per heavy atom. The summed E-state index contributed by atoms with van der Waals surface area (Å²) in [5, 5.41) is 10.5. The predicted octanol–water partition coefficient (Wildman–Crippen LogP) is 2.63. The van der Waals surface area contributed by atoms with Gasteiger partial charge in [0, 0.05) is 5.56 Å². The Morgan fingerprint density at radius 2 is 1.78 bits per heavy atom. The summed E-state index contributed by atoms with van der Waals surface area (Å²) in [4.78, 5) is 43.0. The second kappa shape index (κ2) is 10.9. The van der Waals surface area contributed by atoms with Gasteiger partial charge in [0.25, 0.3) is 11.4 Å². The number of ketones is 1. The normalized spacial score (nSPS) is 11.9. The molecule has 0 radical (unpaired) electrons. The van der Waals surface area contributed by atoms with Crippen LogP contribution in [0.5, 0.6) is 0 Å². The Hall–Kier alpha value is -4.67. The first-order valence-electron chi connectivity index (χ1n) is 11.5. The van der Waals surface area contributed by atoms with E-state index in [1.165, 1.54) is 30.5 Å². The summed E-state index contributed by atoms with van der Waals surface area (Å²) in [5.41, 5.74) is 6.29. The van der Waals surface area contributed by atoms with Crippen molar-refractivity contribution in [2.75, 3.05) is 5.73 Å². The number of anilines is 1. The number of amides is 1. The first-order valence-corrected chi connectivity index (χ1v) is 11.5. The van der Waals surface area contributed by atoms with E-state index >= 15 is 0 Å². The van der Waals surface area contributed by atoms with Crippen LogP contribution in [0.1, 0.15) is 36.0 Å². The number of hydrogen-bond acceptors (Lipinski definition) is 8. The zero-order valence-electron chi connectivity index (χ0n) is 20.2. The zero-order valence-corrected chi connectivity index (χ0v) is 20.2. The second-order valence-corrected chi connectivity index (χ2v) is 8.75. The van der Waals surface area contributed by atoms with Gasteiger partial charge < -0.3 is 15.5 Å². The quantitative estimate of drug-likeness (QED) is 0.331. The topological polar surface area (TPSA) is 146 Å². The molecule has 0 aliphatic heterocycles. The molecule has 11 heteroatoms. The van der Waals surface area contributed by atoms with Gasteiger partial charge in [-0.1, -0.05) is 44.2 Å². The number of Topliss-reactive ketones (excluding diaryl/α,β-unsaturated/α-hetero) is 1. The summed E-state index contributed by atoms with van der Waals surface area (Å²) >= 11 is 0. The number of rotatable bonds is 9. The van der Waals surface area contributed by atoms with Crippen LogP contribution in [-0.4, -0.2) is 37.5 Å². The fourth-order valence-electron chi connectivity index (χ4n) is 3.71. The van der Waals surface area contributed by atoms with Gasteiger partial charge in [0.15, 0.2) is 0 Å². The van der Waals surface area contributed by atoms with Gasteiger partial charge in [-0.15, -0.1) is 10.2 Å². The lowest BCUT2D eigenvalue weighted by molar-refractivity contribution is -0.122. The van der Waals surface area contributed by atoms with E-state index < -0.39 is 35.7 Å². The lowest BCUT2D eigenvalue weighted by atomic mass is 9.99. The molecule has 4 rings (SSSR count). The number of aromatic nitrogens is 4. The number of halogens is 1. The molecule has 10 nitrogen and oxygen atoms in total. The molecule has 0 aliphatic rings. The van der Waals surface area contributed by atoms with Crippen LogP contribution >= 0.6 is 0 Å². The van der Waals surface area contributed by atoms with Gasteiger partial charge >= 0.3 is 0 Å². The van der Waals surface area contributed by atoms with Crippen molar-refractivity contribution in [3.63, 3.8) is 0 Å². The lowest BCUT2D eigenvalue weighted by Crippen LogP contribution is -2.46. The Kier molecular flexibility index (Phi) is 7.52. The molecule has 2 heterocycles. The van der Waals surface area contributed by atoms with Gasteiger partial charge in [-0.3, -0.25) is 19.0 Å². The summed E-state index contributed by atoms with van der Waals surface area (Å²) < 4.78 is 20.0. The highest BCUT2D eigenvalue weighted by atomic mass is 19.1. The largest absolute Gasteiger partial charge is 0.418 e. The van der Waals surface area contributed by atoms with E-state index in [9.17, 15) is 18.8 Å². The molecule has 0 aliphatic carbocycles. The molecular weight excluding hydrogens is 479 g/mol. The third-order valence-electron chi connectivity index (χ3n) is 5.62. The molecule has 37 heavy (non-hydrogen) atoms. The average Bonchev–Trinajstić information content (AvgIpc) is 3.35. The molecule has 4 aromatic rings. The number of nitrogen functional groups attached to an aromatic ring is 1. The molecule has 0 bridgehead atoms. The van der Waals surface area contributed by atoms with E-state index in [1.807, 2.05) is 30.3 Å². The van der Waals surface area contributed by atoms with Crippen molar-refractivity contribution < 1.29 is 18.4 Å². The van der Waals surface area contributed by atoms with Crippen LogP contribution in [0.2, 0.25) is 0 Å². The van der Waals surface area contributed by atoms with Crippen molar-refractivity contribution in [2.24, 2.45) is 5.92 Å². The molecule has 0 saturated carbocycles. The van der Waals surface area contributed by atoms with Crippen LogP contribution in [-0.2, 0) is 17.8 Å². The molecule has 190 valence electrons. The summed E-state index contributed by atoms with van der Waals surface area (Å²) in [5.74, 6) is -1.79. The molecule has 1 amide bonds. The fraction of sp³-hybridized carbons (Fsp3) is 0.231. The third kappa shape index (κ3) is 5.95. The average molecular weight is 505 g/mol. The van der Waals surface area contributed by atoms with Gasteiger partial charge in [-0.2, -0.15) is 0 Å². The van der Waals surface area contributed by atoms with E-state index in [1.54, 1.807) is 13.8 Å². The van der Waals surface area contributed by atoms with E-state index in [-0.39, 0.29) is 29.2 Å². The summed E-state index contributed by atoms with van der Waals surface area (Å²) in [7, 11) is 0. The minimum Gasteiger partial charge on any atom is -0.418 e. The lowest BCUT2D eigenvalue weighted by Gasteiger charge is -2.20. The third-order valence-corrected chi connectivity index (χ3v) is 5.62. The van der Waals surface area contributed by atoms with Crippen LogP contribution in [0.4, 0.5) is 10.1 Å². The van der Waals surface area contributed by atoms with Crippen LogP contribution in [0.25, 0.3) is 11.4 Å². The Labute approximate surface area is 211 Å². The van der Waals surface area contributed by atoms with Crippen molar-refractivity contribution in [1.29, 1.82) is 0 Å². The maximum atomic E-state index is 13.4. The highest BCUT2D eigenvalue weighted by molar-refractivity contribution is 5.98. The predicted molar refractivity (Wildman–Crippen MR) is 133 cm³/mol. The number of carbonyl (C=O) groups is 2. The highest BCUT2D eigenvalue weighted by Gasteiger charge is 2.30. The molecule has 2 aromatic carbocycles. The van der Waals surface area contributed by atoms with Crippen molar-refractivity contribution in [2.45, 2.75) is 32.9 Å². The standard InChI is InChI=1S/C26H25FN6O4/c1-15(2)22(23(35)25-32-31-21(37-25)12-16-6-4-3-5-7-16)30-20(34)14-33-24(29-13-19(28)26(33)36)17-8-10-18(27)11-9-17/h3-11,13,15,22H,12,14,28H2,1-2H3,(H,30,34). The van der Waals surface area contributed by atoms with E-state index in [0.717, 1.165) is 10.1 Å². The first-order chi connectivity index (χ1) is 17.7. The molecule has 0 fully saturated rings. The Balaban J connectivity index is 1.53. The molecule has 0 spiro atoms. The van der Waals surface area contributed by atoms with Crippen LogP contribution < -0.4 is 16.6 Å². The maximum Gasteiger partial charge on any atom is 0.286 e. The number of nitrogens with one attached hydrogen (secondary N) is 1. The van der Waals surface area contributed by atoms with Crippen molar-refractivity contribution >= 4 is 17.4 Å². The second-order valence-electron chi connectivity index (χ2n) is 8.75. The van der Waals surface area contributed by atoms with Gasteiger partial charge in [-0.05, 0) is 35.7 Å². The van der Waals surface area contributed by atoms with Crippen molar-refractivity contribution in [3.8, 4) is 11.4 Å².